The number of benzene rings is 2. The largest absolute Gasteiger partial charge is 0.495 e. The zero-order valence-corrected chi connectivity index (χ0v) is 14.5. The highest BCUT2D eigenvalue weighted by molar-refractivity contribution is 5.94. The maximum absolute atomic E-state index is 12.3. The summed E-state index contributed by atoms with van der Waals surface area (Å²) in [6, 6.07) is 15.2. The quantitative estimate of drug-likeness (QED) is 0.768. The van der Waals surface area contributed by atoms with Crippen molar-refractivity contribution in [3.8, 4) is 11.5 Å². The van der Waals surface area contributed by atoms with Crippen molar-refractivity contribution in [2.24, 2.45) is 0 Å². The number of ether oxygens (including phenoxy) is 2. The summed E-state index contributed by atoms with van der Waals surface area (Å²) in [5.41, 5.74) is 3.31. The summed E-state index contributed by atoms with van der Waals surface area (Å²) in [4.78, 5) is 16.8. The number of carbonyl (C=O) groups excluding carboxylic acids is 1. The van der Waals surface area contributed by atoms with Crippen LogP contribution in [0.5, 0.6) is 11.5 Å². The lowest BCUT2D eigenvalue weighted by molar-refractivity contribution is -0.118. The minimum absolute atomic E-state index is 0.105. The second kappa shape index (κ2) is 7.21. The van der Waals surface area contributed by atoms with Gasteiger partial charge < -0.3 is 14.8 Å². The van der Waals surface area contributed by atoms with Crippen molar-refractivity contribution >= 4 is 22.5 Å². The normalized spacial score (nSPS) is 10.5. The van der Waals surface area contributed by atoms with Crippen molar-refractivity contribution in [3.05, 3.63) is 59.8 Å². The molecule has 128 valence electrons. The van der Waals surface area contributed by atoms with Crippen LogP contribution in [0.3, 0.4) is 0 Å². The average Bonchev–Trinajstić information content (AvgIpc) is 2.60. The number of amides is 1. The third kappa shape index (κ3) is 3.88. The van der Waals surface area contributed by atoms with Crippen molar-refractivity contribution in [1.82, 2.24) is 4.98 Å². The number of hydrogen-bond donors (Lipinski definition) is 1. The van der Waals surface area contributed by atoms with Gasteiger partial charge in [-0.25, -0.2) is 4.98 Å². The molecule has 3 rings (SSSR count). The van der Waals surface area contributed by atoms with Crippen molar-refractivity contribution in [1.29, 1.82) is 0 Å². The summed E-state index contributed by atoms with van der Waals surface area (Å²) < 4.78 is 11.0. The molecule has 0 unspecified atom stereocenters. The highest BCUT2D eigenvalue weighted by Crippen LogP contribution is 2.26. The van der Waals surface area contributed by atoms with Crippen LogP contribution in [-0.4, -0.2) is 24.6 Å². The van der Waals surface area contributed by atoms with E-state index < -0.39 is 0 Å². The Morgan fingerprint density at radius 3 is 2.72 bits per heavy atom. The number of carbonyl (C=O) groups is 1. The number of rotatable bonds is 5. The van der Waals surface area contributed by atoms with Gasteiger partial charge in [0, 0.05) is 11.1 Å². The van der Waals surface area contributed by atoms with Gasteiger partial charge in [-0.3, -0.25) is 4.79 Å². The fourth-order valence-corrected chi connectivity index (χ4v) is 2.58. The lowest BCUT2D eigenvalue weighted by atomic mass is 10.2. The Morgan fingerprint density at radius 2 is 1.92 bits per heavy atom. The predicted octanol–water partition coefficient (Wildman–Crippen LogP) is 3.88. The van der Waals surface area contributed by atoms with Crippen LogP contribution in [0.1, 0.15) is 11.3 Å². The van der Waals surface area contributed by atoms with E-state index in [1.807, 2.05) is 62.4 Å². The Bertz CT molecular complexity index is 922. The molecule has 0 saturated heterocycles. The van der Waals surface area contributed by atoms with Crippen molar-refractivity contribution in [2.45, 2.75) is 13.8 Å². The van der Waals surface area contributed by atoms with E-state index in [2.05, 4.69) is 10.3 Å². The van der Waals surface area contributed by atoms with E-state index in [0.717, 1.165) is 22.2 Å². The number of para-hydroxylation sites is 1. The zero-order valence-electron chi connectivity index (χ0n) is 14.5. The minimum atomic E-state index is -0.256. The van der Waals surface area contributed by atoms with Gasteiger partial charge >= 0.3 is 0 Å². The minimum Gasteiger partial charge on any atom is -0.495 e. The van der Waals surface area contributed by atoms with Crippen LogP contribution < -0.4 is 14.8 Å². The molecule has 1 N–H and O–H groups in total. The lowest BCUT2D eigenvalue weighted by Crippen LogP contribution is -2.20. The summed E-state index contributed by atoms with van der Waals surface area (Å²) in [7, 11) is 1.57. The van der Waals surface area contributed by atoms with E-state index in [4.69, 9.17) is 9.47 Å². The molecular weight excluding hydrogens is 316 g/mol. The van der Waals surface area contributed by atoms with Crippen molar-refractivity contribution < 1.29 is 14.3 Å². The third-order valence-electron chi connectivity index (χ3n) is 3.81. The van der Waals surface area contributed by atoms with E-state index in [1.165, 1.54) is 0 Å². The number of hydrogen-bond acceptors (Lipinski definition) is 4. The van der Waals surface area contributed by atoms with Gasteiger partial charge in [0.25, 0.3) is 5.91 Å². The van der Waals surface area contributed by atoms with Gasteiger partial charge in [0.05, 0.1) is 12.8 Å². The number of fused-ring (bicyclic) bond motifs is 1. The lowest BCUT2D eigenvalue weighted by Gasteiger charge is -2.12. The first-order valence-electron chi connectivity index (χ1n) is 8.00. The van der Waals surface area contributed by atoms with Crippen LogP contribution >= 0.6 is 0 Å². The molecule has 1 heterocycles. The highest BCUT2D eigenvalue weighted by Gasteiger charge is 2.10. The summed E-state index contributed by atoms with van der Waals surface area (Å²) in [6.07, 6.45) is 0. The van der Waals surface area contributed by atoms with Gasteiger partial charge in [0.1, 0.15) is 17.0 Å². The van der Waals surface area contributed by atoms with E-state index in [-0.39, 0.29) is 12.5 Å². The highest BCUT2D eigenvalue weighted by atomic mass is 16.5. The molecule has 25 heavy (non-hydrogen) atoms. The molecule has 0 fully saturated rings. The number of aromatic nitrogens is 1. The van der Waals surface area contributed by atoms with Crippen molar-refractivity contribution in [3.63, 3.8) is 0 Å². The molecule has 3 aromatic rings. The molecule has 0 aliphatic rings. The van der Waals surface area contributed by atoms with Gasteiger partial charge in [0.15, 0.2) is 6.61 Å². The summed E-state index contributed by atoms with van der Waals surface area (Å²) in [5.74, 6) is 0.947. The molecule has 0 aliphatic heterocycles. The summed E-state index contributed by atoms with van der Waals surface area (Å²) in [5, 5.41) is 3.80. The smallest absolute Gasteiger partial charge is 0.262 e. The Morgan fingerprint density at radius 1 is 1.08 bits per heavy atom. The van der Waals surface area contributed by atoms with Crippen LogP contribution in [-0.2, 0) is 4.79 Å². The number of nitrogens with zero attached hydrogens (tertiary/aromatic N) is 1. The number of aryl methyl sites for hydroxylation is 2. The molecule has 1 amide bonds. The first-order chi connectivity index (χ1) is 12.1. The second-order valence-corrected chi connectivity index (χ2v) is 5.82. The van der Waals surface area contributed by atoms with E-state index in [0.29, 0.717) is 17.2 Å². The van der Waals surface area contributed by atoms with Gasteiger partial charge in [-0.05, 0) is 43.7 Å². The molecule has 5 heteroatoms. The SMILES string of the molecule is COc1ccc(C)cc1NC(=O)COc1cccc2ccc(C)nc12. The fraction of sp³-hybridized carbons (Fsp3) is 0.200. The second-order valence-electron chi connectivity index (χ2n) is 5.82. The molecule has 5 nitrogen and oxygen atoms in total. The average molecular weight is 336 g/mol. The van der Waals surface area contributed by atoms with Gasteiger partial charge in [-0.1, -0.05) is 24.3 Å². The molecule has 0 radical (unpaired) electrons. The number of anilines is 1. The zero-order chi connectivity index (χ0) is 17.8. The Balaban J connectivity index is 1.73. The molecule has 0 spiro atoms. The first-order valence-corrected chi connectivity index (χ1v) is 8.00. The van der Waals surface area contributed by atoms with Gasteiger partial charge in [0.2, 0.25) is 0 Å². The van der Waals surface area contributed by atoms with Crippen LogP contribution in [0.2, 0.25) is 0 Å². The Labute approximate surface area is 146 Å². The van der Waals surface area contributed by atoms with E-state index >= 15 is 0 Å². The van der Waals surface area contributed by atoms with Gasteiger partial charge in [-0.2, -0.15) is 0 Å². The molecule has 0 aliphatic carbocycles. The summed E-state index contributed by atoms with van der Waals surface area (Å²) in [6.45, 7) is 3.77. The molecular formula is C20H20N2O3. The molecule has 0 bridgehead atoms. The monoisotopic (exact) mass is 336 g/mol. The van der Waals surface area contributed by atoms with Crippen LogP contribution in [0.15, 0.2) is 48.5 Å². The topological polar surface area (TPSA) is 60.5 Å². The van der Waals surface area contributed by atoms with E-state index in [9.17, 15) is 4.79 Å². The summed E-state index contributed by atoms with van der Waals surface area (Å²) >= 11 is 0. The third-order valence-corrected chi connectivity index (χ3v) is 3.81. The Hall–Kier alpha value is -3.08. The van der Waals surface area contributed by atoms with Crippen LogP contribution in [0.25, 0.3) is 10.9 Å². The number of pyridine rings is 1. The molecule has 0 atom stereocenters. The first kappa shape index (κ1) is 16.8. The maximum Gasteiger partial charge on any atom is 0.262 e. The van der Waals surface area contributed by atoms with Crippen LogP contribution in [0.4, 0.5) is 5.69 Å². The number of nitrogens with one attached hydrogen (secondary N) is 1. The molecule has 1 aromatic heterocycles. The number of methoxy groups -OCH3 is 1. The fourth-order valence-electron chi connectivity index (χ4n) is 2.58. The Kier molecular flexibility index (Phi) is 4.84. The molecule has 2 aromatic carbocycles. The standard InChI is InChI=1S/C20H20N2O3/c1-13-7-10-17(24-3)16(11-13)22-19(23)12-25-18-6-4-5-15-9-8-14(2)21-20(15)18/h4-11H,12H2,1-3H3,(H,22,23). The van der Waals surface area contributed by atoms with Gasteiger partial charge in [-0.15, -0.1) is 0 Å². The van der Waals surface area contributed by atoms with Crippen LogP contribution in [0, 0.1) is 13.8 Å². The predicted molar refractivity (Wildman–Crippen MR) is 98.3 cm³/mol. The maximum atomic E-state index is 12.3. The van der Waals surface area contributed by atoms with Crippen molar-refractivity contribution in [2.75, 3.05) is 19.0 Å². The van der Waals surface area contributed by atoms with E-state index in [1.54, 1.807) is 7.11 Å². The molecule has 0 saturated carbocycles.